The number of nitrogens with one attached hydrogen (secondary N) is 1. The molecule has 0 aliphatic rings. The fourth-order valence-corrected chi connectivity index (χ4v) is 1.80. The molecular formula is C15H22N2O. The highest BCUT2D eigenvalue weighted by Gasteiger charge is 2.08. The fourth-order valence-electron chi connectivity index (χ4n) is 1.80. The van der Waals surface area contributed by atoms with Crippen molar-refractivity contribution in [2.45, 2.75) is 20.0 Å². The molecule has 0 spiro atoms. The second kappa shape index (κ2) is 7.75. The van der Waals surface area contributed by atoms with Gasteiger partial charge in [0, 0.05) is 24.3 Å². The summed E-state index contributed by atoms with van der Waals surface area (Å²) in [5.74, 6) is 2.59. The number of rotatable bonds is 7. The van der Waals surface area contributed by atoms with Crippen LogP contribution in [0.2, 0.25) is 0 Å². The van der Waals surface area contributed by atoms with Crippen molar-refractivity contribution in [3.8, 4) is 12.3 Å². The third-order valence-corrected chi connectivity index (χ3v) is 2.93. The molecule has 0 amide bonds. The number of nitrogens with zero attached hydrogens (tertiary/aromatic N) is 1. The molecular weight excluding hydrogens is 224 g/mol. The van der Waals surface area contributed by atoms with E-state index in [0.29, 0.717) is 13.1 Å². The Labute approximate surface area is 110 Å². The van der Waals surface area contributed by atoms with Crippen molar-refractivity contribution in [2.75, 3.05) is 31.5 Å². The van der Waals surface area contributed by atoms with Crippen molar-refractivity contribution in [2.24, 2.45) is 0 Å². The normalized spacial score (nSPS) is 12.2. The summed E-state index contributed by atoms with van der Waals surface area (Å²) in [6.07, 6.45) is 4.97. The van der Waals surface area contributed by atoms with Crippen LogP contribution in [-0.4, -0.2) is 42.3 Å². The number of terminal acetylenes is 1. The zero-order chi connectivity index (χ0) is 13.4. The Balaban J connectivity index is 2.42. The van der Waals surface area contributed by atoms with Crippen molar-refractivity contribution in [3.63, 3.8) is 0 Å². The molecule has 0 saturated heterocycles. The molecule has 1 unspecified atom stereocenters. The maximum atomic E-state index is 9.93. The lowest BCUT2D eigenvalue weighted by Crippen LogP contribution is -2.35. The van der Waals surface area contributed by atoms with E-state index in [1.807, 2.05) is 24.3 Å². The number of likely N-dealkylation sites (N-methyl/N-ethyl adjacent to an activating group) is 1. The van der Waals surface area contributed by atoms with Crippen molar-refractivity contribution in [3.05, 3.63) is 29.8 Å². The lowest BCUT2D eigenvalue weighted by atomic mass is 10.2. The van der Waals surface area contributed by atoms with E-state index in [4.69, 9.17) is 6.42 Å². The summed E-state index contributed by atoms with van der Waals surface area (Å²) >= 11 is 0. The predicted molar refractivity (Wildman–Crippen MR) is 76.7 cm³/mol. The summed E-state index contributed by atoms with van der Waals surface area (Å²) in [6, 6.07) is 7.65. The number of hydrogen-bond acceptors (Lipinski definition) is 3. The molecule has 3 nitrogen and oxygen atoms in total. The summed E-state index contributed by atoms with van der Waals surface area (Å²) in [4.78, 5) is 2.20. The number of aliphatic hydroxyl groups excluding tert-OH is 1. The van der Waals surface area contributed by atoms with Gasteiger partial charge in [0.05, 0.1) is 6.10 Å². The third-order valence-electron chi connectivity index (χ3n) is 2.93. The van der Waals surface area contributed by atoms with Gasteiger partial charge in [0.25, 0.3) is 0 Å². The number of aliphatic hydroxyl groups is 1. The van der Waals surface area contributed by atoms with E-state index in [0.717, 1.165) is 24.3 Å². The zero-order valence-corrected chi connectivity index (χ0v) is 11.2. The van der Waals surface area contributed by atoms with Crippen LogP contribution in [0.25, 0.3) is 0 Å². The van der Waals surface area contributed by atoms with Crippen LogP contribution in [0.5, 0.6) is 0 Å². The van der Waals surface area contributed by atoms with Gasteiger partial charge < -0.3 is 15.3 Å². The van der Waals surface area contributed by atoms with E-state index in [1.165, 1.54) is 0 Å². The van der Waals surface area contributed by atoms with Crippen LogP contribution in [0.1, 0.15) is 19.4 Å². The number of hydrogen-bond donors (Lipinski definition) is 2. The van der Waals surface area contributed by atoms with E-state index >= 15 is 0 Å². The summed E-state index contributed by atoms with van der Waals surface area (Å²) in [7, 11) is 0. The van der Waals surface area contributed by atoms with Crippen molar-refractivity contribution >= 4 is 5.69 Å². The Morgan fingerprint density at radius 3 is 2.72 bits per heavy atom. The first kappa shape index (κ1) is 14.6. The molecule has 0 aromatic heterocycles. The molecule has 1 aromatic rings. The van der Waals surface area contributed by atoms with E-state index in [9.17, 15) is 5.11 Å². The average molecular weight is 246 g/mol. The van der Waals surface area contributed by atoms with Crippen LogP contribution in [0.15, 0.2) is 24.3 Å². The van der Waals surface area contributed by atoms with Gasteiger partial charge in [-0.3, -0.25) is 0 Å². The van der Waals surface area contributed by atoms with Gasteiger partial charge in [-0.05, 0) is 31.3 Å². The smallest absolute Gasteiger partial charge is 0.0839 e. The fraction of sp³-hybridized carbons (Fsp3) is 0.467. The van der Waals surface area contributed by atoms with Crippen molar-refractivity contribution in [1.29, 1.82) is 0 Å². The van der Waals surface area contributed by atoms with Crippen molar-refractivity contribution in [1.82, 2.24) is 4.90 Å². The van der Waals surface area contributed by atoms with Crippen LogP contribution in [0, 0.1) is 12.3 Å². The Bertz CT molecular complexity index is 394. The highest BCUT2D eigenvalue weighted by atomic mass is 16.3. The Morgan fingerprint density at radius 1 is 1.39 bits per heavy atom. The minimum absolute atomic E-state index is 0.376. The molecule has 0 aliphatic heterocycles. The molecule has 98 valence electrons. The quantitative estimate of drug-likeness (QED) is 0.720. The standard InChI is InChI=1S/C15H22N2O/c1-4-13-8-7-9-14(10-13)16-11-15(18)12-17(5-2)6-3/h1,7-10,15-16,18H,5-6,11-12H2,2-3H3. The van der Waals surface area contributed by atoms with E-state index in [2.05, 4.69) is 30.0 Å². The summed E-state index contributed by atoms with van der Waals surface area (Å²) in [5, 5.41) is 13.1. The molecule has 0 aliphatic carbocycles. The van der Waals surface area contributed by atoms with Crippen LogP contribution in [0.4, 0.5) is 5.69 Å². The summed E-state index contributed by atoms with van der Waals surface area (Å²) < 4.78 is 0. The lowest BCUT2D eigenvalue weighted by Gasteiger charge is -2.22. The monoisotopic (exact) mass is 246 g/mol. The molecule has 0 heterocycles. The topological polar surface area (TPSA) is 35.5 Å². The van der Waals surface area contributed by atoms with Gasteiger partial charge >= 0.3 is 0 Å². The zero-order valence-electron chi connectivity index (χ0n) is 11.2. The largest absolute Gasteiger partial charge is 0.390 e. The van der Waals surface area contributed by atoms with E-state index < -0.39 is 0 Å². The highest BCUT2D eigenvalue weighted by Crippen LogP contribution is 2.09. The van der Waals surface area contributed by atoms with E-state index in [1.54, 1.807) is 0 Å². The molecule has 3 heteroatoms. The van der Waals surface area contributed by atoms with Crippen LogP contribution >= 0.6 is 0 Å². The summed E-state index contributed by atoms with van der Waals surface area (Å²) in [5.41, 5.74) is 1.79. The lowest BCUT2D eigenvalue weighted by molar-refractivity contribution is 0.128. The molecule has 0 saturated carbocycles. The summed E-state index contributed by atoms with van der Waals surface area (Å²) in [6.45, 7) is 7.33. The second-order valence-corrected chi connectivity index (χ2v) is 4.25. The van der Waals surface area contributed by atoms with Crippen LogP contribution in [-0.2, 0) is 0 Å². The Hall–Kier alpha value is -1.50. The molecule has 1 aromatic carbocycles. The molecule has 18 heavy (non-hydrogen) atoms. The molecule has 0 bridgehead atoms. The maximum Gasteiger partial charge on any atom is 0.0839 e. The first-order valence-electron chi connectivity index (χ1n) is 6.40. The SMILES string of the molecule is C#Cc1cccc(NCC(O)CN(CC)CC)c1. The van der Waals surface area contributed by atoms with Gasteiger partial charge in [-0.2, -0.15) is 0 Å². The third kappa shape index (κ3) is 4.79. The molecule has 0 radical (unpaired) electrons. The van der Waals surface area contributed by atoms with Gasteiger partial charge in [0.2, 0.25) is 0 Å². The van der Waals surface area contributed by atoms with Gasteiger partial charge in [-0.1, -0.05) is 25.8 Å². The molecule has 0 fully saturated rings. The van der Waals surface area contributed by atoms with Gasteiger partial charge in [0.1, 0.15) is 0 Å². The van der Waals surface area contributed by atoms with Crippen molar-refractivity contribution < 1.29 is 5.11 Å². The first-order chi connectivity index (χ1) is 8.69. The average Bonchev–Trinajstić information content (AvgIpc) is 2.42. The minimum Gasteiger partial charge on any atom is -0.390 e. The Morgan fingerprint density at radius 2 is 2.11 bits per heavy atom. The van der Waals surface area contributed by atoms with E-state index in [-0.39, 0.29) is 6.10 Å². The Kier molecular flexibility index (Phi) is 6.27. The van der Waals surface area contributed by atoms with Gasteiger partial charge in [0.15, 0.2) is 0 Å². The number of anilines is 1. The molecule has 1 atom stereocenters. The highest BCUT2D eigenvalue weighted by molar-refractivity contribution is 5.49. The second-order valence-electron chi connectivity index (χ2n) is 4.25. The first-order valence-corrected chi connectivity index (χ1v) is 6.40. The molecule has 1 rings (SSSR count). The predicted octanol–water partition coefficient (Wildman–Crippen LogP) is 1.78. The van der Waals surface area contributed by atoms with Gasteiger partial charge in [-0.15, -0.1) is 6.42 Å². The minimum atomic E-state index is -0.376. The van der Waals surface area contributed by atoms with Crippen LogP contribution in [0.3, 0.4) is 0 Å². The van der Waals surface area contributed by atoms with Crippen LogP contribution < -0.4 is 5.32 Å². The number of benzene rings is 1. The molecule has 2 N–H and O–H groups in total. The van der Waals surface area contributed by atoms with Gasteiger partial charge in [-0.25, -0.2) is 0 Å². The maximum absolute atomic E-state index is 9.93.